The van der Waals surface area contributed by atoms with Crippen molar-refractivity contribution < 1.29 is 4.79 Å². The fourth-order valence-corrected chi connectivity index (χ4v) is 2.05. The van der Waals surface area contributed by atoms with Crippen molar-refractivity contribution in [2.24, 2.45) is 5.73 Å². The van der Waals surface area contributed by atoms with Gasteiger partial charge in [-0.2, -0.15) is 15.4 Å². The van der Waals surface area contributed by atoms with Crippen LogP contribution in [0.5, 0.6) is 0 Å². The zero-order valence-electron chi connectivity index (χ0n) is 9.80. The first-order valence-electron chi connectivity index (χ1n) is 5.88. The van der Waals surface area contributed by atoms with Gasteiger partial charge in [0, 0.05) is 32.7 Å². The van der Waals surface area contributed by atoms with E-state index >= 15 is 0 Å². The molecule has 17 heavy (non-hydrogen) atoms. The quantitative estimate of drug-likeness (QED) is 0.698. The predicted molar refractivity (Wildman–Crippen MR) is 62.4 cm³/mol. The second-order valence-corrected chi connectivity index (χ2v) is 4.13. The standard InChI is InChI=1S/C10H18N6O/c11-2-5-15-3-1-4-16(7-6-15)10(17)9-8-12-14-13-9/h8H,1-7,11H2,(H,12,13,14). The van der Waals surface area contributed by atoms with Gasteiger partial charge in [0.15, 0.2) is 5.69 Å². The zero-order valence-corrected chi connectivity index (χ0v) is 9.80. The summed E-state index contributed by atoms with van der Waals surface area (Å²) in [5, 5.41) is 9.93. The first-order chi connectivity index (χ1) is 8.31. The van der Waals surface area contributed by atoms with Crippen molar-refractivity contribution in [3.8, 4) is 0 Å². The van der Waals surface area contributed by atoms with Crippen LogP contribution in [0, 0.1) is 0 Å². The van der Waals surface area contributed by atoms with Crippen LogP contribution in [0.2, 0.25) is 0 Å². The van der Waals surface area contributed by atoms with E-state index in [4.69, 9.17) is 5.73 Å². The molecule has 1 aliphatic rings. The maximum atomic E-state index is 12.0. The molecule has 1 aromatic rings. The molecule has 0 aliphatic carbocycles. The fraction of sp³-hybridized carbons (Fsp3) is 0.700. The van der Waals surface area contributed by atoms with Gasteiger partial charge in [0.05, 0.1) is 6.20 Å². The average Bonchev–Trinajstić information content (AvgIpc) is 2.76. The molecule has 1 aromatic heterocycles. The fourth-order valence-electron chi connectivity index (χ4n) is 2.05. The number of rotatable bonds is 3. The summed E-state index contributed by atoms with van der Waals surface area (Å²) >= 11 is 0. The van der Waals surface area contributed by atoms with E-state index in [1.807, 2.05) is 4.90 Å². The van der Waals surface area contributed by atoms with Crippen LogP contribution in [0.25, 0.3) is 0 Å². The normalized spacial score (nSPS) is 18.1. The molecule has 7 heteroatoms. The summed E-state index contributed by atoms with van der Waals surface area (Å²) in [6.45, 7) is 4.93. The number of carbonyl (C=O) groups is 1. The third kappa shape index (κ3) is 3.01. The molecule has 2 heterocycles. The molecule has 0 bridgehead atoms. The number of hydrogen-bond donors (Lipinski definition) is 2. The van der Waals surface area contributed by atoms with E-state index in [9.17, 15) is 4.79 Å². The van der Waals surface area contributed by atoms with Crippen LogP contribution in [0.1, 0.15) is 16.9 Å². The Hall–Kier alpha value is -1.47. The van der Waals surface area contributed by atoms with Gasteiger partial charge in [0.1, 0.15) is 0 Å². The van der Waals surface area contributed by atoms with Crippen LogP contribution >= 0.6 is 0 Å². The van der Waals surface area contributed by atoms with Crippen molar-refractivity contribution >= 4 is 5.91 Å². The van der Waals surface area contributed by atoms with E-state index in [1.165, 1.54) is 6.20 Å². The molecule has 3 N–H and O–H groups in total. The first kappa shape index (κ1) is 12.0. The van der Waals surface area contributed by atoms with Crippen LogP contribution in [-0.4, -0.2) is 70.4 Å². The Morgan fingerprint density at radius 2 is 2.29 bits per heavy atom. The van der Waals surface area contributed by atoms with Gasteiger partial charge in [-0.1, -0.05) is 0 Å². The molecule has 2 rings (SSSR count). The monoisotopic (exact) mass is 238 g/mol. The van der Waals surface area contributed by atoms with Crippen LogP contribution in [0.3, 0.4) is 0 Å². The van der Waals surface area contributed by atoms with Gasteiger partial charge in [0.25, 0.3) is 5.91 Å². The Morgan fingerprint density at radius 3 is 3.00 bits per heavy atom. The molecule has 1 amide bonds. The summed E-state index contributed by atoms with van der Waals surface area (Å²) in [5.74, 6) is -0.0478. The van der Waals surface area contributed by atoms with Crippen LogP contribution in [-0.2, 0) is 0 Å². The molecule has 0 atom stereocenters. The highest BCUT2D eigenvalue weighted by Crippen LogP contribution is 2.06. The van der Waals surface area contributed by atoms with E-state index in [1.54, 1.807) is 0 Å². The second kappa shape index (κ2) is 5.74. The number of hydrogen-bond acceptors (Lipinski definition) is 5. The maximum Gasteiger partial charge on any atom is 0.276 e. The summed E-state index contributed by atoms with van der Waals surface area (Å²) in [5.41, 5.74) is 5.92. The summed E-state index contributed by atoms with van der Waals surface area (Å²) in [7, 11) is 0. The van der Waals surface area contributed by atoms with Crippen LogP contribution in [0.15, 0.2) is 6.20 Å². The van der Waals surface area contributed by atoms with Crippen LogP contribution < -0.4 is 5.73 Å². The molecule has 7 nitrogen and oxygen atoms in total. The van der Waals surface area contributed by atoms with Gasteiger partial charge < -0.3 is 15.5 Å². The topological polar surface area (TPSA) is 91.1 Å². The minimum absolute atomic E-state index is 0.0478. The molecule has 1 saturated heterocycles. The van der Waals surface area contributed by atoms with Gasteiger partial charge in [-0.05, 0) is 13.0 Å². The smallest absolute Gasteiger partial charge is 0.276 e. The van der Waals surface area contributed by atoms with Gasteiger partial charge in [0.2, 0.25) is 0 Å². The van der Waals surface area contributed by atoms with Gasteiger partial charge in [-0.25, -0.2) is 0 Å². The Balaban J connectivity index is 1.92. The van der Waals surface area contributed by atoms with Crippen molar-refractivity contribution in [3.05, 3.63) is 11.9 Å². The van der Waals surface area contributed by atoms with Gasteiger partial charge >= 0.3 is 0 Å². The number of nitrogens with zero attached hydrogens (tertiary/aromatic N) is 4. The molecule has 0 saturated carbocycles. The lowest BCUT2D eigenvalue weighted by molar-refractivity contribution is 0.0755. The van der Waals surface area contributed by atoms with Crippen molar-refractivity contribution in [3.63, 3.8) is 0 Å². The molecular formula is C10H18N6O. The van der Waals surface area contributed by atoms with E-state index < -0.39 is 0 Å². The minimum atomic E-state index is -0.0478. The minimum Gasteiger partial charge on any atom is -0.336 e. The first-order valence-corrected chi connectivity index (χ1v) is 5.88. The number of nitrogens with two attached hydrogens (primary N) is 1. The Kier molecular flexibility index (Phi) is 4.05. The highest BCUT2D eigenvalue weighted by atomic mass is 16.2. The van der Waals surface area contributed by atoms with E-state index in [0.717, 1.165) is 39.1 Å². The Morgan fingerprint density at radius 1 is 1.41 bits per heavy atom. The summed E-state index contributed by atoms with van der Waals surface area (Å²) in [6, 6.07) is 0. The number of amides is 1. The third-order valence-corrected chi connectivity index (χ3v) is 2.96. The van der Waals surface area contributed by atoms with Crippen molar-refractivity contribution in [2.45, 2.75) is 6.42 Å². The number of aromatic nitrogens is 3. The summed E-state index contributed by atoms with van der Waals surface area (Å²) in [4.78, 5) is 16.2. The Bertz CT molecular complexity index is 352. The highest BCUT2D eigenvalue weighted by Gasteiger charge is 2.21. The second-order valence-electron chi connectivity index (χ2n) is 4.13. The van der Waals surface area contributed by atoms with E-state index in [0.29, 0.717) is 12.2 Å². The summed E-state index contributed by atoms with van der Waals surface area (Å²) in [6.07, 6.45) is 2.44. The van der Waals surface area contributed by atoms with E-state index in [-0.39, 0.29) is 5.91 Å². The molecular weight excluding hydrogens is 220 g/mol. The molecule has 0 unspecified atom stereocenters. The molecule has 0 aromatic carbocycles. The van der Waals surface area contributed by atoms with Gasteiger partial charge in [-0.15, -0.1) is 0 Å². The lowest BCUT2D eigenvalue weighted by Gasteiger charge is -2.20. The van der Waals surface area contributed by atoms with Crippen molar-refractivity contribution in [1.29, 1.82) is 0 Å². The molecule has 1 fully saturated rings. The van der Waals surface area contributed by atoms with Crippen LogP contribution in [0.4, 0.5) is 0 Å². The SMILES string of the molecule is NCCN1CCCN(C(=O)c2cn[nH]n2)CC1. The predicted octanol–water partition coefficient (Wildman–Crippen LogP) is -1.09. The maximum absolute atomic E-state index is 12.0. The lowest BCUT2D eigenvalue weighted by atomic mass is 10.3. The lowest BCUT2D eigenvalue weighted by Crippen LogP contribution is -2.36. The summed E-state index contributed by atoms with van der Waals surface area (Å²) < 4.78 is 0. The number of aromatic amines is 1. The third-order valence-electron chi connectivity index (χ3n) is 2.96. The molecule has 1 aliphatic heterocycles. The largest absolute Gasteiger partial charge is 0.336 e. The number of nitrogens with one attached hydrogen (secondary N) is 1. The van der Waals surface area contributed by atoms with Crippen molar-refractivity contribution in [1.82, 2.24) is 25.2 Å². The average molecular weight is 238 g/mol. The molecule has 94 valence electrons. The highest BCUT2D eigenvalue weighted by molar-refractivity contribution is 5.91. The van der Waals surface area contributed by atoms with E-state index in [2.05, 4.69) is 20.3 Å². The number of H-pyrrole nitrogens is 1. The Labute approximate surface area is 100.0 Å². The molecule has 0 radical (unpaired) electrons. The number of carbonyl (C=O) groups excluding carboxylic acids is 1. The zero-order chi connectivity index (χ0) is 12.1. The van der Waals surface area contributed by atoms with Crippen molar-refractivity contribution in [2.75, 3.05) is 39.3 Å². The molecule has 0 spiro atoms. The van der Waals surface area contributed by atoms with Gasteiger partial charge in [-0.3, -0.25) is 4.79 Å².